The van der Waals surface area contributed by atoms with Gasteiger partial charge in [0.25, 0.3) is 0 Å². The van der Waals surface area contributed by atoms with Gasteiger partial charge in [0.2, 0.25) is 5.91 Å². The number of amides is 1. The Kier molecular flexibility index (Phi) is 4.14. The molecule has 104 valence electrons. The van der Waals surface area contributed by atoms with Crippen LogP contribution in [0.25, 0.3) is 17.0 Å². The summed E-state index contributed by atoms with van der Waals surface area (Å²) < 4.78 is 4.48. The molecule has 1 amide bonds. The van der Waals surface area contributed by atoms with Crippen LogP contribution in [0.2, 0.25) is 0 Å². The molecule has 0 unspecified atom stereocenters. The van der Waals surface area contributed by atoms with Crippen LogP contribution in [0.3, 0.4) is 0 Å². The number of nitrogens with one attached hydrogen (secondary N) is 2. The van der Waals surface area contributed by atoms with Crippen molar-refractivity contribution in [2.75, 3.05) is 6.54 Å². The third-order valence-corrected chi connectivity index (χ3v) is 2.68. The predicted octanol–water partition coefficient (Wildman–Crippen LogP) is 1.02. The van der Waals surface area contributed by atoms with Gasteiger partial charge < -0.3 is 9.73 Å². The molecule has 0 atom stereocenters. The lowest BCUT2D eigenvalue weighted by atomic mass is 10.1. The van der Waals surface area contributed by atoms with E-state index in [9.17, 15) is 14.4 Å². The fourth-order valence-electron chi connectivity index (χ4n) is 1.77. The molecule has 6 nitrogen and oxygen atoms in total. The van der Waals surface area contributed by atoms with Crippen LogP contribution in [0.5, 0.6) is 0 Å². The van der Waals surface area contributed by atoms with Gasteiger partial charge in [-0.05, 0) is 24.1 Å². The summed E-state index contributed by atoms with van der Waals surface area (Å²) in [5, 5.41) is 3.01. The average molecular weight is 274 g/mol. The molecule has 0 radical (unpaired) electrons. The van der Waals surface area contributed by atoms with E-state index < -0.39 is 11.4 Å². The van der Waals surface area contributed by atoms with Crippen molar-refractivity contribution in [3.63, 3.8) is 0 Å². The van der Waals surface area contributed by atoms with Gasteiger partial charge in [0.05, 0.1) is 10.9 Å². The van der Waals surface area contributed by atoms with E-state index in [4.69, 9.17) is 0 Å². The molecule has 0 aliphatic heterocycles. The zero-order valence-corrected chi connectivity index (χ0v) is 10.9. The summed E-state index contributed by atoms with van der Waals surface area (Å²) in [6.07, 6.45) is 4.42. The lowest BCUT2D eigenvalue weighted by molar-refractivity contribution is -0.118. The summed E-state index contributed by atoms with van der Waals surface area (Å²) in [6.45, 7) is 2.03. The average Bonchev–Trinajstić information content (AvgIpc) is 2.38. The van der Waals surface area contributed by atoms with Crippen LogP contribution in [0.1, 0.15) is 18.9 Å². The zero-order chi connectivity index (χ0) is 14.5. The van der Waals surface area contributed by atoms with Crippen molar-refractivity contribution in [1.82, 2.24) is 10.3 Å². The maximum atomic E-state index is 11.5. The van der Waals surface area contributed by atoms with E-state index in [0.717, 1.165) is 5.56 Å². The molecule has 0 spiro atoms. The lowest BCUT2D eigenvalue weighted by Gasteiger charge is -1.99. The Morgan fingerprint density at radius 2 is 2.20 bits per heavy atom. The number of aromatic amines is 1. The van der Waals surface area contributed by atoms with Gasteiger partial charge in [0.15, 0.2) is 0 Å². The number of aromatic nitrogens is 1. The third-order valence-electron chi connectivity index (χ3n) is 2.68. The van der Waals surface area contributed by atoms with Gasteiger partial charge in [-0.1, -0.05) is 18.2 Å². The molecule has 1 heterocycles. The molecule has 2 aromatic rings. The minimum absolute atomic E-state index is 0.0642. The van der Waals surface area contributed by atoms with Crippen LogP contribution in [-0.4, -0.2) is 17.4 Å². The molecule has 0 aliphatic rings. The van der Waals surface area contributed by atoms with Gasteiger partial charge in [0.1, 0.15) is 0 Å². The number of carbonyl (C=O) groups excluding carboxylic acids is 1. The van der Waals surface area contributed by atoms with E-state index >= 15 is 0 Å². The molecule has 6 heteroatoms. The highest BCUT2D eigenvalue weighted by Crippen LogP contribution is 2.10. The molecule has 1 aromatic carbocycles. The minimum atomic E-state index is -0.763. The van der Waals surface area contributed by atoms with Crippen molar-refractivity contribution >= 4 is 22.9 Å². The molecule has 0 bridgehead atoms. The van der Waals surface area contributed by atoms with E-state index in [2.05, 4.69) is 14.7 Å². The SMILES string of the molecule is CC(=O)NCCC=Cc1ccc2[nH]c(=O)oc(=O)c2c1. The molecule has 1 aromatic heterocycles. The zero-order valence-electron chi connectivity index (χ0n) is 10.9. The van der Waals surface area contributed by atoms with E-state index in [1.54, 1.807) is 18.2 Å². The van der Waals surface area contributed by atoms with Crippen LogP contribution in [0, 0.1) is 0 Å². The van der Waals surface area contributed by atoms with Crippen molar-refractivity contribution in [3.05, 3.63) is 50.8 Å². The highest BCUT2D eigenvalue weighted by Gasteiger charge is 2.02. The second kappa shape index (κ2) is 6.01. The summed E-state index contributed by atoms with van der Waals surface area (Å²) in [6, 6.07) is 5.08. The topological polar surface area (TPSA) is 92.2 Å². The third kappa shape index (κ3) is 3.44. The Balaban J connectivity index is 2.16. The molecular formula is C14H14N2O4. The van der Waals surface area contributed by atoms with Crippen molar-refractivity contribution in [3.8, 4) is 0 Å². The number of H-pyrrole nitrogens is 1. The highest BCUT2D eigenvalue weighted by atomic mass is 16.4. The number of hydrogen-bond acceptors (Lipinski definition) is 4. The smallest absolute Gasteiger partial charge is 0.372 e. The Bertz CT molecular complexity index is 771. The van der Waals surface area contributed by atoms with E-state index in [1.165, 1.54) is 6.92 Å². The Labute approximate surface area is 114 Å². The van der Waals surface area contributed by atoms with Gasteiger partial charge in [-0.15, -0.1) is 0 Å². The fourth-order valence-corrected chi connectivity index (χ4v) is 1.77. The minimum Gasteiger partial charge on any atom is -0.372 e. The Hall–Kier alpha value is -2.63. The van der Waals surface area contributed by atoms with Gasteiger partial charge in [0, 0.05) is 13.5 Å². The van der Waals surface area contributed by atoms with Crippen LogP contribution in [0.4, 0.5) is 0 Å². The first-order chi connectivity index (χ1) is 9.56. The number of benzene rings is 1. The van der Waals surface area contributed by atoms with Crippen molar-refractivity contribution in [1.29, 1.82) is 0 Å². The van der Waals surface area contributed by atoms with Gasteiger partial charge in [-0.3, -0.25) is 9.78 Å². The molecular weight excluding hydrogens is 260 g/mol. The standard InChI is InChI=1S/C14H14N2O4/c1-9(17)15-7-3-2-4-10-5-6-12-11(8-10)13(18)20-14(19)16-12/h2,4-6,8H,3,7H2,1H3,(H,15,17)(H,16,19). The Morgan fingerprint density at radius 1 is 1.40 bits per heavy atom. The predicted molar refractivity (Wildman–Crippen MR) is 75.4 cm³/mol. The summed E-state index contributed by atoms with van der Waals surface area (Å²) in [4.78, 5) is 35.7. The molecule has 2 N–H and O–H groups in total. The quantitative estimate of drug-likeness (QED) is 0.814. The summed E-state index contributed by atoms with van der Waals surface area (Å²) >= 11 is 0. The van der Waals surface area contributed by atoms with Crippen LogP contribution < -0.4 is 16.7 Å². The first-order valence-corrected chi connectivity index (χ1v) is 6.14. The lowest BCUT2D eigenvalue weighted by Crippen LogP contribution is -2.20. The number of carbonyl (C=O) groups is 1. The van der Waals surface area contributed by atoms with Crippen LogP contribution in [0.15, 0.2) is 38.3 Å². The monoisotopic (exact) mass is 274 g/mol. The normalized spacial score (nSPS) is 11.1. The first-order valence-electron chi connectivity index (χ1n) is 6.14. The number of hydrogen-bond donors (Lipinski definition) is 2. The summed E-state index contributed by atoms with van der Waals surface area (Å²) in [5.74, 6) is -0.827. The van der Waals surface area contributed by atoms with Gasteiger partial charge >= 0.3 is 11.4 Å². The van der Waals surface area contributed by atoms with Crippen LogP contribution in [-0.2, 0) is 4.79 Å². The second-order valence-corrected chi connectivity index (χ2v) is 4.28. The molecule has 0 fully saturated rings. The molecule has 0 aliphatic carbocycles. The molecule has 0 saturated heterocycles. The molecule has 2 rings (SSSR count). The van der Waals surface area contributed by atoms with Gasteiger partial charge in [-0.25, -0.2) is 9.59 Å². The van der Waals surface area contributed by atoms with Crippen molar-refractivity contribution < 1.29 is 9.21 Å². The van der Waals surface area contributed by atoms with E-state index in [0.29, 0.717) is 23.9 Å². The fraction of sp³-hybridized carbons (Fsp3) is 0.214. The van der Waals surface area contributed by atoms with E-state index in [-0.39, 0.29) is 5.91 Å². The largest absolute Gasteiger partial charge is 0.419 e. The summed E-state index contributed by atoms with van der Waals surface area (Å²) in [7, 11) is 0. The maximum Gasteiger partial charge on any atom is 0.419 e. The number of fused-ring (bicyclic) bond motifs is 1. The van der Waals surface area contributed by atoms with E-state index in [1.807, 2.05) is 12.2 Å². The van der Waals surface area contributed by atoms with Gasteiger partial charge in [-0.2, -0.15) is 0 Å². The Morgan fingerprint density at radius 3 is 2.95 bits per heavy atom. The highest BCUT2D eigenvalue weighted by molar-refractivity contribution is 5.79. The first kappa shape index (κ1) is 13.8. The second-order valence-electron chi connectivity index (χ2n) is 4.28. The maximum absolute atomic E-state index is 11.5. The molecule has 0 saturated carbocycles. The van der Waals surface area contributed by atoms with Crippen LogP contribution >= 0.6 is 0 Å². The molecule has 20 heavy (non-hydrogen) atoms. The summed E-state index contributed by atoms with van der Waals surface area (Å²) in [5.41, 5.74) is 0.610. The van der Waals surface area contributed by atoms with Crippen molar-refractivity contribution in [2.45, 2.75) is 13.3 Å². The number of rotatable bonds is 4. The van der Waals surface area contributed by atoms with Crippen molar-refractivity contribution in [2.24, 2.45) is 0 Å².